The van der Waals surface area contributed by atoms with Crippen molar-refractivity contribution in [2.75, 3.05) is 34.0 Å². The Kier molecular flexibility index (Phi) is 11.4. The van der Waals surface area contributed by atoms with Gasteiger partial charge in [0.1, 0.15) is 35.4 Å². The van der Waals surface area contributed by atoms with Gasteiger partial charge in [0.25, 0.3) is 5.56 Å². The normalized spacial score (nSPS) is 19.2. The van der Waals surface area contributed by atoms with Crippen molar-refractivity contribution in [3.63, 3.8) is 0 Å². The number of nitrogens with one attached hydrogen (secondary N) is 2. The van der Waals surface area contributed by atoms with Crippen molar-refractivity contribution >= 4 is 5.91 Å². The van der Waals surface area contributed by atoms with Crippen molar-refractivity contribution in [1.29, 1.82) is 0 Å². The molecule has 0 radical (unpaired) electrons. The van der Waals surface area contributed by atoms with Gasteiger partial charge in [0, 0.05) is 25.4 Å². The summed E-state index contributed by atoms with van der Waals surface area (Å²) < 4.78 is 68.7. The molecular formula is C35H36F3N3O9. The summed E-state index contributed by atoms with van der Waals surface area (Å²) in [7, 11) is 3.10. The lowest BCUT2D eigenvalue weighted by molar-refractivity contribution is -0.173. The van der Waals surface area contributed by atoms with Crippen molar-refractivity contribution < 1.29 is 46.8 Å². The number of aliphatic hydroxyl groups is 1. The van der Waals surface area contributed by atoms with Crippen molar-refractivity contribution in [3.05, 3.63) is 129 Å². The average molecular weight is 700 g/mol. The Bertz CT molecular complexity index is 1780. The molecule has 266 valence electrons. The third kappa shape index (κ3) is 7.91. The molecule has 4 aromatic rings. The number of aromatic amines is 1. The highest BCUT2D eigenvalue weighted by Gasteiger charge is 2.48. The maximum absolute atomic E-state index is 12.7. The van der Waals surface area contributed by atoms with E-state index in [0.717, 1.165) is 16.2 Å². The summed E-state index contributed by atoms with van der Waals surface area (Å²) in [5.74, 6) is -0.858. The molecule has 1 amide bonds. The fourth-order valence-corrected chi connectivity index (χ4v) is 5.79. The summed E-state index contributed by atoms with van der Waals surface area (Å²) >= 11 is 0. The van der Waals surface area contributed by atoms with Crippen LogP contribution in [0, 0.1) is 0 Å². The molecule has 5 rings (SSSR count). The summed E-state index contributed by atoms with van der Waals surface area (Å²) in [6.07, 6.45) is -8.90. The van der Waals surface area contributed by atoms with E-state index in [0.29, 0.717) is 22.6 Å². The van der Waals surface area contributed by atoms with E-state index in [1.165, 1.54) is 6.20 Å². The van der Waals surface area contributed by atoms with E-state index in [2.05, 4.69) is 4.98 Å². The van der Waals surface area contributed by atoms with Crippen LogP contribution in [0.15, 0.2) is 101 Å². The van der Waals surface area contributed by atoms with E-state index >= 15 is 0 Å². The first-order chi connectivity index (χ1) is 24.0. The van der Waals surface area contributed by atoms with Crippen LogP contribution in [0.4, 0.5) is 13.2 Å². The molecule has 0 bridgehead atoms. The number of aromatic nitrogens is 2. The Hall–Kier alpha value is -4.96. The maximum atomic E-state index is 12.7. The van der Waals surface area contributed by atoms with Gasteiger partial charge in [-0.1, -0.05) is 54.6 Å². The third-order valence-corrected chi connectivity index (χ3v) is 8.25. The fourth-order valence-electron chi connectivity index (χ4n) is 5.79. The minimum atomic E-state index is -5.03. The standard InChI is InChI=1S/C35H36F3N3O9/c1-46-25-13-9-23(10-14-25)34(22-7-4-3-5-8-22,24-11-15-26(47-2)16-12-24)49-21-27-30(48-20-6-18-39-32(44)35(36,37)38)29(43)31(50-27)41-19-17-28(42)40-33(41)45/h3-5,7-17,19,27,29-31,43H,6,18,20-21H2,1-2H3,(H,39,44)(H,40,42,45)/t27-,29-,30-,31-/m1/s1. The largest absolute Gasteiger partial charge is 0.497 e. The van der Waals surface area contributed by atoms with Crippen LogP contribution >= 0.6 is 0 Å². The lowest BCUT2D eigenvalue weighted by Gasteiger charge is -2.37. The topological polar surface area (TPSA) is 150 Å². The number of carbonyl (C=O) groups is 1. The first-order valence-electron chi connectivity index (χ1n) is 15.6. The Morgan fingerprint density at radius 3 is 2.02 bits per heavy atom. The third-order valence-electron chi connectivity index (χ3n) is 8.25. The van der Waals surface area contributed by atoms with Crippen molar-refractivity contribution in [2.45, 2.75) is 42.7 Å². The lowest BCUT2D eigenvalue weighted by atomic mass is 9.80. The van der Waals surface area contributed by atoms with E-state index in [-0.39, 0.29) is 26.2 Å². The summed E-state index contributed by atoms with van der Waals surface area (Å²) in [6, 6.07) is 25.0. The maximum Gasteiger partial charge on any atom is 0.471 e. The molecule has 1 saturated heterocycles. The summed E-state index contributed by atoms with van der Waals surface area (Å²) in [5, 5.41) is 13.2. The van der Waals surface area contributed by atoms with Gasteiger partial charge in [0.05, 0.1) is 20.8 Å². The van der Waals surface area contributed by atoms with Gasteiger partial charge >= 0.3 is 17.8 Å². The Labute approximate surface area is 284 Å². The van der Waals surface area contributed by atoms with E-state index < -0.39 is 53.5 Å². The van der Waals surface area contributed by atoms with Crippen LogP contribution in [0.3, 0.4) is 0 Å². The number of amides is 1. The number of nitrogens with zero attached hydrogens (tertiary/aromatic N) is 1. The monoisotopic (exact) mass is 699 g/mol. The first-order valence-corrected chi connectivity index (χ1v) is 15.6. The second kappa shape index (κ2) is 15.7. The molecule has 50 heavy (non-hydrogen) atoms. The van der Waals surface area contributed by atoms with Crippen LogP contribution < -0.4 is 26.0 Å². The number of hydrogen-bond donors (Lipinski definition) is 3. The fraction of sp³-hybridized carbons (Fsp3) is 0.343. The molecule has 1 aliphatic heterocycles. The second-order valence-corrected chi connectivity index (χ2v) is 11.3. The highest BCUT2D eigenvalue weighted by Crippen LogP contribution is 2.43. The molecule has 1 aliphatic rings. The van der Waals surface area contributed by atoms with Crippen LogP contribution in [0.25, 0.3) is 0 Å². The van der Waals surface area contributed by atoms with Crippen molar-refractivity contribution in [2.24, 2.45) is 0 Å². The second-order valence-electron chi connectivity index (χ2n) is 11.3. The molecule has 0 aliphatic carbocycles. The predicted octanol–water partition coefficient (Wildman–Crippen LogP) is 3.27. The van der Waals surface area contributed by atoms with Crippen LogP contribution in [0.1, 0.15) is 29.3 Å². The van der Waals surface area contributed by atoms with Gasteiger partial charge in [-0.05, 0) is 47.4 Å². The van der Waals surface area contributed by atoms with Gasteiger partial charge in [0.15, 0.2) is 6.23 Å². The number of ether oxygens (including phenoxy) is 5. The molecule has 1 fully saturated rings. The van der Waals surface area contributed by atoms with Gasteiger partial charge in [-0.15, -0.1) is 0 Å². The molecule has 2 heterocycles. The van der Waals surface area contributed by atoms with E-state index in [1.54, 1.807) is 43.8 Å². The first kappa shape index (κ1) is 36.3. The van der Waals surface area contributed by atoms with Crippen LogP contribution in [-0.4, -0.2) is 79.0 Å². The highest BCUT2D eigenvalue weighted by atomic mass is 19.4. The number of H-pyrrole nitrogens is 1. The molecule has 15 heteroatoms. The number of alkyl halides is 3. The molecule has 0 saturated carbocycles. The molecule has 3 aromatic carbocycles. The molecule has 4 atom stereocenters. The minimum absolute atomic E-state index is 0.0342. The average Bonchev–Trinajstić information content (AvgIpc) is 3.42. The molecule has 0 unspecified atom stereocenters. The van der Waals surface area contributed by atoms with Crippen molar-refractivity contribution in [1.82, 2.24) is 14.9 Å². The number of benzene rings is 3. The smallest absolute Gasteiger partial charge is 0.471 e. The minimum Gasteiger partial charge on any atom is -0.497 e. The Balaban J connectivity index is 1.50. The zero-order valence-corrected chi connectivity index (χ0v) is 27.1. The van der Waals surface area contributed by atoms with E-state index in [4.69, 9.17) is 23.7 Å². The Morgan fingerprint density at radius 2 is 1.48 bits per heavy atom. The number of rotatable bonds is 14. The molecule has 1 aromatic heterocycles. The summed E-state index contributed by atoms with van der Waals surface area (Å²) in [4.78, 5) is 37.8. The number of aliphatic hydroxyl groups excluding tert-OH is 1. The highest BCUT2D eigenvalue weighted by molar-refractivity contribution is 5.81. The number of carbonyl (C=O) groups excluding carboxylic acids is 1. The van der Waals surface area contributed by atoms with Crippen LogP contribution in [-0.2, 0) is 24.6 Å². The van der Waals surface area contributed by atoms with Gasteiger partial charge < -0.3 is 34.1 Å². The molecular weight excluding hydrogens is 663 g/mol. The molecule has 12 nitrogen and oxygen atoms in total. The van der Waals surface area contributed by atoms with Gasteiger partial charge in [0.2, 0.25) is 0 Å². The van der Waals surface area contributed by atoms with Gasteiger partial charge in [-0.25, -0.2) is 4.79 Å². The van der Waals surface area contributed by atoms with Crippen LogP contribution in [0.5, 0.6) is 11.5 Å². The zero-order chi connectivity index (χ0) is 35.9. The SMILES string of the molecule is COc1ccc(C(OC[C@H]2O[C@@H](n3ccc(=O)[nH]c3=O)[C@H](O)[C@@H]2OCCCNC(=O)C(F)(F)F)(c2ccccc2)c2ccc(OC)cc2)cc1. The Morgan fingerprint density at radius 1 is 0.900 bits per heavy atom. The van der Waals surface area contributed by atoms with Crippen LogP contribution in [0.2, 0.25) is 0 Å². The predicted molar refractivity (Wildman–Crippen MR) is 173 cm³/mol. The molecule has 0 spiro atoms. The van der Waals surface area contributed by atoms with E-state index in [9.17, 15) is 32.7 Å². The lowest BCUT2D eigenvalue weighted by Crippen LogP contribution is -2.42. The number of halogens is 3. The number of methoxy groups -OCH3 is 2. The summed E-state index contributed by atoms with van der Waals surface area (Å²) in [6.45, 7) is -0.764. The van der Waals surface area contributed by atoms with Gasteiger partial charge in [-0.2, -0.15) is 13.2 Å². The number of hydrogen-bond acceptors (Lipinski definition) is 9. The quantitative estimate of drug-likeness (QED) is 0.133. The summed E-state index contributed by atoms with van der Waals surface area (Å²) in [5.41, 5.74) is -0.627. The van der Waals surface area contributed by atoms with Gasteiger partial charge in [-0.3, -0.25) is 19.1 Å². The molecule has 3 N–H and O–H groups in total. The van der Waals surface area contributed by atoms with Crippen molar-refractivity contribution in [3.8, 4) is 11.5 Å². The van der Waals surface area contributed by atoms with E-state index in [1.807, 2.05) is 54.6 Å². The zero-order valence-electron chi connectivity index (χ0n) is 27.1.